The molecule has 0 saturated carbocycles. The normalized spacial score (nSPS) is 22.9. The highest BCUT2D eigenvalue weighted by Crippen LogP contribution is 2.30. The monoisotopic (exact) mass is 299 g/mol. The summed E-state index contributed by atoms with van der Waals surface area (Å²) in [6, 6.07) is 4.98. The summed E-state index contributed by atoms with van der Waals surface area (Å²) in [7, 11) is -2.88. The van der Waals surface area contributed by atoms with E-state index in [1.54, 1.807) is 6.07 Å². The van der Waals surface area contributed by atoms with Crippen LogP contribution in [0.5, 0.6) is 0 Å². The lowest BCUT2D eigenvalue weighted by atomic mass is 9.93. The molecule has 1 N–H and O–H groups in total. The number of hydrogen-bond donors (Lipinski definition) is 1. The third kappa shape index (κ3) is 3.79. The van der Waals surface area contributed by atoms with Crippen molar-refractivity contribution in [1.29, 1.82) is 0 Å². The highest BCUT2D eigenvalue weighted by Gasteiger charge is 2.30. The molecule has 5 heteroatoms. The summed E-state index contributed by atoms with van der Waals surface area (Å²) in [5, 5.41) is 3.29. The van der Waals surface area contributed by atoms with Gasteiger partial charge in [0.15, 0.2) is 9.84 Å². The van der Waals surface area contributed by atoms with Gasteiger partial charge in [-0.3, -0.25) is 0 Å². The fourth-order valence-electron chi connectivity index (χ4n) is 2.89. The summed E-state index contributed by atoms with van der Waals surface area (Å²) in [6.45, 7) is 4.65. The van der Waals surface area contributed by atoms with Gasteiger partial charge in [-0.1, -0.05) is 24.6 Å². The fourth-order valence-corrected chi connectivity index (χ4v) is 4.77. The second-order valence-electron chi connectivity index (χ2n) is 5.64. The molecule has 0 radical (unpaired) electrons. The van der Waals surface area contributed by atoms with Gasteiger partial charge in [0.2, 0.25) is 0 Å². The summed E-state index contributed by atoms with van der Waals surface area (Å²) in [5.41, 5.74) is 1.67. The minimum Gasteiger partial charge on any atom is -0.310 e. The molecule has 1 aliphatic heterocycles. The number of nitrogens with one attached hydrogen (secondary N) is 1. The zero-order chi connectivity index (χ0) is 14.8. The molecule has 3 nitrogen and oxygen atoms in total. The number of hydrogen-bond acceptors (Lipinski definition) is 3. The molecule has 0 spiro atoms. The van der Waals surface area contributed by atoms with Crippen molar-refractivity contribution in [3.8, 4) is 0 Å². The van der Waals surface area contributed by atoms with Crippen LogP contribution in [0.2, 0.25) is 0 Å². The van der Waals surface area contributed by atoms with E-state index in [9.17, 15) is 12.8 Å². The Bertz CT molecular complexity index is 571. The quantitative estimate of drug-likeness (QED) is 0.909. The Balaban J connectivity index is 2.17. The van der Waals surface area contributed by atoms with Gasteiger partial charge in [0, 0.05) is 11.6 Å². The SMILES string of the molecule is CCNC(CC1CCS(=O)(=O)C1)c1cc(C)ccc1F. The molecule has 1 heterocycles. The zero-order valence-electron chi connectivity index (χ0n) is 12.0. The molecule has 112 valence electrons. The van der Waals surface area contributed by atoms with Gasteiger partial charge >= 0.3 is 0 Å². The minimum absolute atomic E-state index is 0.113. The lowest BCUT2D eigenvalue weighted by Gasteiger charge is -2.22. The Kier molecular flexibility index (Phi) is 4.81. The van der Waals surface area contributed by atoms with Crippen LogP contribution in [0.3, 0.4) is 0 Å². The number of sulfone groups is 1. The number of aryl methyl sites for hydroxylation is 1. The maximum Gasteiger partial charge on any atom is 0.150 e. The Morgan fingerprint density at radius 1 is 1.45 bits per heavy atom. The van der Waals surface area contributed by atoms with Crippen molar-refractivity contribution in [3.05, 3.63) is 35.1 Å². The van der Waals surface area contributed by atoms with E-state index in [0.29, 0.717) is 18.4 Å². The maximum absolute atomic E-state index is 14.0. The van der Waals surface area contributed by atoms with Crippen molar-refractivity contribution in [2.45, 2.75) is 32.7 Å². The Hall–Kier alpha value is -0.940. The first-order chi connectivity index (χ1) is 9.41. The average molecular weight is 299 g/mol. The van der Waals surface area contributed by atoms with Crippen LogP contribution in [0, 0.1) is 18.7 Å². The van der Waals surface area contributed by atoms with Crippen molar-refractivity contribution in [3.63, 3.8) is 0 Å². The third-order valence-electron chi connectivity index (χ3n) is 3.87. The number of halogens is 1. The summed E-state index contributed by atoms with van der Waals surface area (Å²) in [5.74, 6) is 0.418. The first kappa shape index (κ1) is 15.4. The Morgan fingerprint density at radius 2 is 2.20 bits per heavy atom. The molecule has 0 amide bonds. The largest absolute Gasteiger partial charge is 0.310 e. The predicted molar refractivity (Wildman–Crippen MR) is 78.9 cm³/mol. The minimum atomic E-state index is -2.88. The van der Waals surface area contributed by atoms with Gasteiger partial charge in [-0.05, 0) is 38.3 Å². The molecule has 0 aliphatic carbocycles. The average Bonchev–Trinajstić information content (AvgIpc) is 2.71. The molecular formula is C15H22FNO2S. The molecule has 2 atom stereocenters. The van der Waals surface area contributed by atoms with Crippen molar-refractivity contribution in [2.24, 2.45) is 5.92 Å². The van der Waals surface area contributed by atoms with Gasteiger partial charge in [0.1, 0.15) is 5.82 Å². The van der Waals surface area contributed by atoms with E-state index in [1.807, 2.05) is 19.9 Å². The molecule has 0 aromatic heterocycles. The standard InChI is InChI=1S/C15H22FNO2S/c1-3-17-15(9-12-6-7-20(18,19)10-12)13-8-11(2)4-5-14(13)16/h4-5,8,12,15,17H,3,6-7,9-10H2,1-2H3. The molecule has 1 fully saturated rings. The lowest BCUT2D eigenvalue weighted by Crippen LogP contribution is -2.25. The van der Waals surface area contributed by atoms with E-state index in [-0.39, 0.29) is 29.3 Å². The molecule has 1 aromatic carbocycles. The summed E-state index contributed by atoms with van der Waals surface area (Å²) >= 11 is 0. The Labute approximate surface area is 120 Å². The molecule has 1 aromatic rings. The molecule has 0 bridgehead atoms. The molecule has 2 unspecified atom stereocenters. The first-order valence-corrected chi connectivity index (χ1v) is 8.93. The van der Waals surface area contributed by atoms with Crippen LogP contribution < -0.4 is 5.32 Å². The van der Waals surface area contributed by atoms with E-state index in [1.165, 1.54) is 6.07 Å². The predicted octanol–water partition coefficient (Wildman–Crippen LogP) is 2.61. The van der Waals surface area contributed by atoms with Crippen LogP contribution in [-0.4, -0.2) is 26.5 Å². The zero-order valence-corrected chi connectivity index (χ0v) is 12.8. The fraction of sp³-hybridized carbons (Fsp3) is 0.600. The van der Waals surface area contributed by atoms with Gasteiger partial charge in [-0.25, -0.2) is 12.8 Å². The van der Waals surface area contributed by atoms with Gasteiger partial charge in [0.05, 0.1) is 11.5 Å². The van der Waals surface area contributed by atoms with Gasteiger partial charge < -0.3 is 5.32 Å². The van der Waals surface area contributed by atoms with Crippen LogP contribution in [0.1, 0.15) is 36.9 Å². The topological polar surface area (TPSA) is 46.2 Å². The number of rotatable bonds is 5. The molecular weight excluding hydrogens is 277 g/mol. The highest BCUT2D eigenvalue weighted by molar-refractivity contribution is 7.91. The van der Waals surface area contributed by atoms with Crippen molar-refractivity contribution in [2.75, 3.05) is 18.1 Å². The number of benzene rings is 1. The molecule has 1 aliphatic rings. The van der Waals surface area contributed by atoms with E-state index in [0.717, 1.165) is 12.1 Å². The molecule has 1 saturated heterocycles. The van der Waals surface area contributed by atoms with Crippen molar-refractivity contribution >= 4 is 9.84 Å². The van der Waals surface area contributed by atoms with Crippen LogP contribution in [-0.2, 0) is 9.84 Å². The van der Waals surface area contributed by atoms with Crippen LogP contribution in [0.15, 0.2) is 18.2 Å². The van der Waals surface area contributed by atoms with Crippen molar-refractivity contribution in [1.82, 2.24) is 5.32 Å². The van der Waals surface area contributed by atoms with Crippen molar-refractivity contribution < 1.29 is 12.8 Å². The van der Waals surface area contributed by atoms with Gasteiger partial charge in [-0.15, -0.1) is 0 Å². The second kappa shape index (κ2) is 6.22. The van der Waals surface area contributed by atoms with Gasteiger partial charge in [0.25, 0.3) is 0 Å². The van der Waals surface area contributed by atoms with E-state index in [4.69, 9.17) is 0 Å². The maximum atomic E-state index is 14.0. The van der Waals surface area contributed by atoms with E-state index >= 15 is 0 Å². The first-order valence-electron chi connectivity index (χ1n) is 7.11. The summed E-state index contributed by atoms with van der Waals surface area (Å²) in [6.07, 6.45) is 1.37. The third-order valence-corrected chi connectivity index (χ3v) is 5.71. The molecule has 20 heavy (non-hydrogen) atoms. The van der Waals surface area contributed by atoms with Gasteiger partial charge in [-0.2, -0.15) is 0 Å². The molecule has 2 rings (SSSR count). The van der Waals surface area contributed by atoms with E-state index in [2.05, 4.69) is 5.32 Å². The smallest absolute Gasteiger partial charge is 0.150 e. The second-order valence-corrected chi connectivity index (χ2v) is 7.87. The van der Waals surface area contributed by atoms with Crippen LogP contribution in [0.25, 0.3) is 0 Å². The highest BCUT2D eigenvalue weighted by atomic mass is 32.2. The van der Waals surface area contributed by atoms with Crippen LogP contribution >= 0.6 is 0 Å². The summed E-state index contributed by atoms with van der Waals surface area (Å²) in [4.78, 5) is 0. The van der Waals surface area contributed by atoms with Crippen LogP contribution in [0.4, 0.5) is 4.39 Å². The summed E-state index contributed by atoms with van der Waals surface area (Å²) < 4.78 is 37.1. The van der Waals surface area contributed by atoms with E-state index < -0.39 is 9.84 Å². The Morgan fingerprint density at radius 3 is 2.80 bits per heavy atom. The lowest BCUT2D eigenvalue weighted by molar-refractivity contribution is 0.409.